The van der Waals surface area contributed by atoms with Gasteiger partial charge in [0.1, 0.15) is 0 Å². The molecule has 6 nitrogen and oxygen atoms in total. The molecule has 2 heterocycles. The zero-order valence-corrected chi connectivity index (χ0v) is 7.88. The number of imide groups is 1. The van der Waals surface area contributed by atoms with Crippen molar-refractivity contribution in [3.05, 3.63) is 23.8 Å². The number of nitrogens with zero attached hydrogens (tertiary/aromatic N) is 3. The van der Waals surface area contributed by atoms with Crippen molar-refractivity contribution in [3.8, 4) is 0 Å². The first-order valence-electron chi connectivity index (χ1n) is 4.53. The van der Waals surface area contributed by atoms with Gasteiger partial charge in [-0.25, -0.2) is 9.97 Å². The van der Waals surface area contributed by atoms with Crippen LogP contribution in [0, 0.1) is 0 Å². The molecule has 0 saturated heterocycles. The molecule has 0 radical (unpaired) electrons. The van der Waals surface area contributed by atoms with Crippen molar-refractivity contribution in [3.63, 3.8) is 0 Å². The third-order valence-electron chi connectivity index (χ3n) is 2.13. The van der Waals surface area contributed by atoms with Gasteiger partial charge >= 0.3 is 0 Å². The number of carbonyl (C=O) groups is 2. The fourth-order valence-corrected chi connectivity index (χ4v) is 1.43. The van der Waals surface area contributed by atoms with Crippen molar-refractivity contribution in [2.45, 2.75) is 6.42 Å². The molecule has 0 saturated carbocycles. The largest absolute Gasteiger partial charge is 0.396 e. The van der Waals surface area contributed by atoms with Crippen molar-refractivity contribution in [2.24, 2.45) is 0 Å². The summed E-state index contributed by atoms with van der Waals surface area (Å²) in [6.45, 7) is 0.139. The van der Waals surface area contributed by atoms with E-state index in [0.29, 0.717) is 6.42 Å². The first-order valence-corrected chi connectivity index (χ1v) is 4.53. The molecule has 0 unspecified atom stereocenters. The van der Waals surface area contributed by atoms with Crippen LogP contribution in [-0.2, 0) is 0 Å². The van der Waals surface area contributed by atoms with Gasteiger partial charge in [0.2, 0.25) is 0 Å². The van der Waals surface area contributed by atoms with Crippen molar-refractivity contribution < 1.29 is 14.7 Å². The lowest BCUT2D eigenvalue weighted by molar-refractivity contribution is 0.0641. The lowest BCUT2D eigenvalue weighted by Gasteiger charge is -2.11. The lowest BCUT2D eigenvalue weighted by atomic mass is 10.3. The average molecular weight is 207 g/mol. The van der Waals surface area contributed by atoms with Crippen LogP contribution < -0.4 is 0 Å². The van der Waals surface area contributed by atoms with Gasteiger partial charge in [-0.2, -0.15) is 0 Å². The molecule has 1 aromatic rings. The monoisotopic (exact) mass is 207 g/mol. The van der Waals surface area contributed by atoms with Gasteiger partial charge in [-0.1, -0.05) is 0 Å². The minimum Gasteiger partial charge on any atom is -0.396 e. The molecule has 6 heteroatoms. The highest BCUT2D eigenvalue weighted by molar-refractivity contribution is 6.19. The molecule has 0 fully saturated rings. The highest BCUT2D eigenvalue weighted by atomic mass is 16.3. The summed E-state index contributed by atoms with van der Waals surface area (Å²) in [7, 11) is 0. The smallest absolute Gasteiger partial charge is 0.281 e. The van der Waals surface area contributed by atoms with E-state index in [1.807, 2.05) is 0 Å². The summed E-state index contributed by atoms with van der Waals surface area (Å²) in [4.78, 5) is 31.9. The molecule has 1 N–H and O–H groups in total. The second-order valence-corrected chi connectivity index (χ2v) is 3.09. The summed E-state index contributed by atoms with van der Waals surface area (Å²) >= 11 is 0. The summed E-state index contributed by atoms with van der Waals surface area (Å²) in [6.07, 6.45) is 3.12. The Morgan fingerprint density at radius 2 is 1.67 bits per heavy atom. The van der Waals surface area contributed by atoms with Gasteiger partial charge in [0.25, 0.3) is 11.8 Å². The Balaban J connectivity index is 2.29. The Labute approximate surface area is 85.6 Å². The number of aromatic nitrogens is 2. The standard InChI is InChI=1S/C9H9N3O3/c13-5-1-4-12-8(14)6-7(9(12)15)11-3-2-10-6/h2-3,13H,1,4-5H2. The number of fused-ring (bicyclic) bond motifs is 1. The van der Waals surface area contributed by atoms with Gasteiger partial charge in [0.15, 0.2) is 11.4 Å². The fourth-order valence-electron chi connectivity index (χ4n) is 1.43. The molecule has 1 aliphatic rings. The van der Waals surface area contributed by atoms with E-state index in [4.69, 9.17) is 5.11 Å². The molecule has 0 bridgehead atoms. The van der Waals surface area contributed by atoms with Crippen LogP contribution >= 0.6 is 0 Å². The van der Waals surface area contributed by atoms with Crippen LogP contribution in [0.5, 0.6) is 0 Å². The minimum absolute atomic E-state index is 0.0612. The number of hydrogen-bond donors (Lipinski definition) is 1. The number of carbonyl (C=O) groups excluding carboxylic acids is 2. The van der Waals surface area contributed by atoms with E-state index in [9.17, 15) is 9.59 Å². The zero-order valence-electron chi connectivity index (χ0n) is 7.88. The molecule has 1 aromatic heterocycles. The number of amides is 2. The molecular formula is C9H9N3O3. The zero-order chi connectivity index (χ0) is 10.8. The number of aliphatic hydroxyl groups excluding tert-OH is 1. The average Bonchev–Trinajstić information content (AvgIpc) is 2.51. The van der Waals surface area contributed by atoms with E-state index in [1.165, 1.54) is 12.4 Å². The Hall–Kier alpha value is -1.82. The van der Waals surface area contributed by atoms with E-state index >= 15 is 0 Å². The highest BCUT2D eigenvalue weighted by Crippen LogP contribution is 2.17. The molecule has 0 aliphatic carbocycles. The van der Waals surface area contributed by atoms with Crippen molar-refractivity contribution in [1.29, 1.82) is 0 Å². The van der Waals surface area contributed by atoms with Gasteiger partial charge in [0, 0.05) is 25.5 Å². The van der Waals surface area contributed by atoms with Gasteiger partial charge in [0.05, 0.1) is 0 Å². The number of aliphatic hydroxyl groups is 1. The predicted octanol–water partition coefficient (Wildman–Crippen LogP) is -0.545. The summed E-state index contributed by atoms with van der Waals surface area (Å²) in [5, 5.41) is 8.64. The molecule has 2 amide bonds. The van der Waals surface area contributed by atoms with Crippen LogP contribution in [0.25, 0.3) is 0 Å². The third-order valence-corrected chi connectivity index (χ3v) is 2.13. The molecule has 2 rings (SSSR count). The van der Waals surface area contributed by atoms with Crippen LogP contribution in [0.3, 0.4) is 0 Å². The van der Waals surface area contributed by atoms with Crippen LogP contribution in [0.2, 0.25) is 0 Å². The minimum atomic E-state index is -0.434. The quantitative estimate of drug-likeness (QED) is 0.672. The van der Waals surface area contributed by atoms with Gasteiger partial charge in [-0.05, 0) is 6.42 Å². The SMILES string of the molecule is O=C1c2nccnc2C(=O)N1CCCO. The second kappa shape index (κ2) is 3.74. The maximum Gasteiger partial charge on any atom is 0.281 e. The Bertz CT molecular complexity index is 384. The summed E-state index contributed by atoms with van der Waals surface area (Å²) in [5.74, 6) is -0.867. The Morgan fingerprint density at radius 3 is 2.13 bits per heavy atom. The van der Waals surface area contributed by atoms with Crippen LogP contribution in [-0.4, -0.2) is 44.9 Å². The van der Waals surface area contributed by atoms with Gasteiger partial charge < -0.3 is 5.11 Å². The van der Waals surface area contributed by atoms with Crippen LogP contribution in [0.4, 0.5) is 0 Å². The second-order valence-electron chi connectivity index (χ2n) is 3.09. The summed E-state index contributed by atoms with van der Waals surface area (Å²) < 4.78 is 0. The van der Waals surface area contributed by atoms with Crippen molar-refractivity contribution >= 4 is 11.8 Å². The van der Waals surface area contributed by atoms with Crippen molar-refractivity contribution in [2.75, 3.05) is 13.2 Å². The Morgan fingerprint density at radius 1 is 1.13 bits per heavy atom. The highest BCUT2D eigenvalue weighted by Gasteiger charge is 2.37. The Kier molecular flexibility index (Phi) is 2.42. The maximum atomic E-state index is 11.6. The van der Waals surface area contributed by atoms with E-state index < -0.39 is 11.8 Å². The molecule has 1 aliphatic heterocycles. The molecule has 0 atom stereocenters. The third kappa shape index (κ3) is 1.48. The molecule has 78 valence electrons. The first-order chi connectivity index (χ1) is 7.25. The van der Waals surface area contributed by atoms with Gasteiger partial charge in [-0.3, -0.25) is 14.5 Å². The topological polar surface area (TPSA) is 83.4 Å². The van der Waals surface area contributed by atoms with E-state index in [0.717, 1.165) is 4.90 Å². The maximum absolute atomic E-state index is 11.6. The first kappa shape index (κ1) is 9.72. The summed E-state index contributed by atoms with van der Waals surface area (Å²) in [6, 6.07) is 0. The van der Waals surface area contributed by atoms with Gasteiger partial charge in [-0.15, -0.1) is 0 Å². The van der Waals surface area contributed by atoms with E-state index in [-0.39, 0.29) is 24.5 Å². The number of hydrogen-bond acceptors (Lipinski definition) is 5. The molecule has 0 spiro atoms. The van der Waals surface area contributed by atoms with E-state index in [1.54, 1.807) is 0 Å². The summed E-state index contributed by atoms with van der Waals surface area (Å²) in [5.41, 5.74) is 0.195. The molecule has 0 aromatic carbocycles. The predicted molar refractivity (Wildman–Crippen MR) is 49.1 cm³/mol. The molecular weight excluding hydrogens is 198 g/mol. The normalized spacial score (nSPS) is 14.6. The molecule has 15 heavy (non-hydrogen) atoms. The van der Waals surface area contributed by atoms with E-state index in [2.05, 4.69) is 9.97 Å². The lowest BCUT2D eigenvalue weighted by Crippen LogP contribution is -2.31. The van der Waals surface area contributed by atoms with Crippen LogP contribution in [0.1, 0.15) is 27.4 Å². The fraction of sp³-hybridized carbons (Fsp3) is 0.333. The van der Waals surface area contributed by atoms with Crippen LogP contribution in [0.15, 0.2) is 12.4 Å². The number of rotatable bonds is 3. The van der Waals surface area contributed by atoms with Crippen molar-refractivity contribution in [1.82, 2.24) is 14.9 Å².